The van der Waals surface area contributed by atoms with Crippen LogP contribution in [0.5, 0.6) is 5.75 Å². The number of aryl methyl sites for hydroxylation is 2. The van der Waals surface area contributed by atoms with Gasteiger partial charge < -0.3 is 15.4 Å². The second kappa shape index (κ2) is 12.8. The molecule has 0 amide bonds. The predicted molar refractivity (Wildman–Crippen MR) is 172 cm³/mol. The van der Waals surface area contributed by atoms with E-state index in [1.807, 2.05) is 18.4 Å². The normalized spacial score (nSPS) is 20.2. The van der Waals surface area contributed by atoms with E-state index in [9.17, 15) is 0 Å². The lowest BCUT2D eigenvalue weighted by molar-refractivity contribution is 0.176. The van der Waals surface area contributed by atoms with Crippen molar-refractivity contribution >= 4 is 34.7 Å². The highest BCUT2D eigenvalue weighted by molar-refractivity contribution is 6.39. The number of benzene rings is 2. The van der Waals surface area contributed by atoms with Crippen LogP contribution in [0.4, 0.5) is 5.82 Å². The zero-order valence-electron chi connectivity index (χ0n) is 24.7. The fourth-order valence-corrected chi connectivity index (χ4v) is 7.32. The molecule has 2 N–H and O–H groups in total. The molecule has 42 heavy (non-hydrogen) atoms. The monoisotopic (exact) mass is 606 g/mol. The van der Waals surface area contributed by atoms with Crippen LogP contribution in [-0.2, 0) is 6.54 Å². The Morgan fingerprint density at radius 3 is 2.33 bits per heavy atom. The molecule has 0 spiro atoms. The van der Waals surface area contributed by atoms with E-state index in [4.69, 9.17) is 38.0 Å². The van der Waals surface area contributed by atoms with E-state index in [0.29, 0.717) is 33.9 Å². The Morgan fingerprint density at radius 2 is 1.62 bits per heavy atom. The van der Waals surface area contributed by atoms with Crippen molar-refractivity contribution in [3.8, 4) is 16.9 Å². The van der Waals surface area contributed by atoms with E-state index in [0.717, 1.165) is 66.5 Å². The number of nitrogens with zero attached hydrogens (tertiary/aromatic N) is 4. The maximum absolute atomic E-state index is 6.70. The van der Waals surface area contributed by atoms with E-state index in [-0.39, 0.29) is 0 Å². The molecule has 0 bridgehead atoms. The summed E-state index contributed by atoms with van der Waals surface area (Å²) in [5.74, 6) is 1.57. The van der Waals surface area contributed by atoms with Crippen molar-refractivity contribution in [2.45, 2.75) is 77.0 Å². The molecule has 2 unspecified atom stereocenters. The summed E-state index contributed by atoms with van der Waals surface area (Å²) < 4.78 is 7.26. The summed E-state index contributed by atoms with van der Waals surface area (Å²) in [6.07, 6.45) is 7.08. The number of anilines is 1. The predicted octanol–water partition coefficient (Wildman–Crippen LogP) is 7.31. The van der Waals surface area contributed by atoms with Gasteiger partial charge in [-0.3, -0.25) is 4.90 Å². The summed E-state index contributed by atoms with van der Waals surface area (Å²) in [4.78, 5) is 7.46. The third kappa shape index (κ3) is 6.40. The van der Waals surface area contributed by atoms with Gasteiger partial charge >= 0.3 is 0 Å². The van der Waals surface area contributed by atoms with Gasteiger partial charge in [0, 0.05) is 42.0 Å². The standard InChI is InChI=1S/C33H40Cl2N6O/c1-21-16-30(41-33(36-21)31(22(2)39-41)32-28(34)18-27(42-3)19-29(32)35)38-26-11-7-10-25(17-26)37-24-12-14-40(15-13-24)20-23-8-5-4-6-9-23/h4-6,8-9,16,18-19,24-26,37-38H,7,10-15,17,20H2,1-3H3. The Kier molecular flexibility index (Phi) is 8.91. The number of piperidine rings is 1. The number of ether oxygens (including phenoxy) is 1. The Bertz CT molecular complexity index is 1510. The average molecular weight is 608 g/mol. The van der Waals surface area contributed by atoms with Gasteiger partial charge in [-0.25, -0.2) is 4.98 Å². The molecule has 4 aromatic rings. The maximum atomic E-state index is 6.70. The minimum atomic E-state index is 0.362. The van der Waals surface area contributed by atoms with Gasteiger partial charge in [-0.2, -0.15) is 9.61 Å². The van der Waals surface area contributed by atoms with Gasteiger partial charge in [0.15, 0.2) is 5.65 Å². The second-order valence-corrected chi connectivity index (χ2v) is 12.7. The number of hydrogen-bond acceptors (Lipinski definition) is 6. The topological polar surface area (TPSA) is 66.7 Å². The molecular formula is C33H40Cl2N6O. The molecule has 2 aromatic carbocycles. The summed E-state index contributed by atoms with van der Waals surface area (Å²) in [6, 6.07) is 17.9. The molecule has 0 radical (unpaired) electrons. The SMILES string of the molecule is COc1cc(Cl)c(-c2c(C)nn3c(NC4CCCC(NC5CCN(Cc6ccccc6)CC5)C4)cc(C)nc23)c(Cl)c1. The molecular weight excluding hydrogens is 567 g/mol. The Hall–Kier alpha value is -2.84. The molecule has 1 saturated heterocycles. The Balaban J connectivity index is 1.13. The van der Waals surface area contributed by atoms with E-state index >= 15 is 0 Å². The van der Waals surface area contributed by atoms with Crippen LogP contribution in [0.25, 0.3) is 16.8 Å². The maximum Gasteiger partial charge on any atom is 0.165 e. The van der Waals surface area contributed by atoms with Gasteiger partial charge in [-0.1, -0.05) is 53.5 Å². The number of methoxy groups -OCH3 is 1. The van der Waals surface area contributed by atoms with Crippen LogP contribution in [0.1, 0.15) is 55.5 Å². The number of rotatable bonds is 8. The number of hydrogen-bond donors (Lipinski definition) is 2. The van der Waals surface area contributed by atoms with E-state index in [1.165, 1.54) is 31.2 Å². The highest BCUT2D eigenvalue weighted by Gasteiger charge is 2.28. The van der Waals surface area contributed by atoms with Crippen LogP contribution in [0, 0.1) is 13.8 Å². The number of nitrogens with one attached hydrogen (secondary N) is 2. The summed E-state index contributed by atoms with van der Waals surface area (Å²) in [5.41, 5.74) is 5.47. The first kappa shape index (κ1) is 29.2. The van der Waals surface area contributed by atoms with Gasteiger partial charge in [-0.15, -0.1) is 0 Å². The van der Waals surface area contributed by atoms with Crippen molar-refractivity contribution in [2.24, 2.45) is 0 Å². The summed E-state index contributed by atoms with van der Waals surface area (Å²) in [7, 11) is 1.60. The van der Waals surface area contributed by atoms with Crippen LogP contribution < -0.4 is 15.4 Å². The first-order valence-electron chi connectivity index (χ1n) is 15.1. The fraction of sp³-hybridized carbons (Fsp3) is 0.455. The summed E-state index contributed by atoms with van der Waals surface area (Å²) in [5, 5.41) is 13.8. The van der Waals surface area contributed by atoms with Crippen LogP contribution in [0.2, 0.25) is 10.0 Å². The molecule has 6 rings (SSSR count). The molecule has 9 heteroatoms. The van der Waals surface area contributed by atoms with Crippen LogP contribution in [-0.4, -0.2) is 57.8 Å². The van der Waals surface area contributed by atoms with Crippen LogP contribution in [0.3, 0.4) is 0 Å². The third-order valence-corrected chi connectivity index (χ3v) is 9.32. The lowest BCUT2D eigenvalue weighted by Crippen LogP contribution is -2.48. The second-order valence-electron chi connectivity index (χ2n) is 11.9. The van der Waals surface area contributed by atoms with Crippen LogP contribution in [0.15, 0.2) is 48.5 Å². The fourth-order valence-electron chi connectivity index (χ4n) is 6.66. The van der Waals surface area contributed by atoms with Crippen molar-refractivity contribution < 1.29 is 4.74 Å². The Morgan fingerprint density at radius 1 is 0.905 bits per heavy atom. The van der Waals surface area contributed by atoms with Crippen molar-refractivity contribution in [1.29, 1.82) is 0 Å². The average Bonchev–Trinajstić information content (AvgIpc) is 3.30. The van der Waals surface area contributed by atoms with Crippen LogP contribution >= 0.6 is 23.2 Å². The first-order chi connectivity index (χ1) is 20.4. The highest BCUT2D eigenvalue weighted by atomic mass is 35.5. The molecule has 7 nitrogen and oxygen atoms in total. The summed E-state index contributed by atoms with van der Waals surface area (Å²) in [6.45, 7) is 7.35. The first-order valence-corrected chi connectivity index (χ1v) is 15.8. The number of fused-ring (bicyclic) bond motifs is 1. The molecule has 2 aliphatic rings. The smallest absolute Gasteiger partial charge is 0.165 e. The molecule has 1 saturated carbocycles. The number of aromatic nitrogens is 3. The van der Waals surface area contributed by atoms with Gasteiger partial charge in [0.2, 0.25) is 0 Å². The minimum absolute atomic E-state index is 0.362. The van der Waals surface area contributed by atoms with E-state index < -0.39 is 0 Å². The lowest BCUT2D eigenvalue weighted by atomic mass is 9.89. The van der Waals surface area contributed by atoms with E-state index in [1.54, 1.807) is 19.2 Å². The number of halogens is 2. The molecule has 222 valence electrons. The zero-order chi connectivity index (χ0) is 29.2. The largest absolute Gasteiger partial charge is 0.497 e. The molecule has 1 aliphatic carbocycles. The molecule has 2 aromatic heterocycles. The van der Waals surface area contributed by atoms with Gasteiger partial charge in [0.05, 0.1) is 28.4 Å². The van der Waals surface area contributed by atoms with Gasteiger partial charge in [0.25, 0.3) is 0 Å². The van der Waals surface area contributed by atoms with Crippen molar-refractivity contribution in [2.75, 3.05) is 25.5 Å². The number of likely N-dealkylation sites (tertiary alicyclic amines) is 1. The zero-order valence-corrected chi connectivity index (χ0v) is 26.2. The quantitative estimate of drug-likeness (QED) is 0.219. The highest BCUT2D eigenvalue weighted by Crippen LogP contribution is 2.41. The molecule has 1 aliphatic heterocycles. The van der Waals surface area contributed by atoms with Crippen molar-refractivity contribution in [3.05, 3.63) is 75.5 Å². The van der Waals surface area contributed by atoms with Gasteiger partial charge in [-0.05, 0) is 83.2 Å². The van der Waals surface area contributed by atoms with Crippen molar-refractivity contribution in [3.63, 3.8) is 0 Å². The lowest BCUT2D eigenvalue weighted by Gasteiger charge is -2.37. The van der Waals surface area contributed by atoms with E-state index in [2.05, 4.69) is 51.9 Å². The molecule has 3 heterocycles. The molecule has 2 fully saturated rings. The third-order valence-electron chi connectivity index (χ3n) is 8.73. The van der Waals surface area contributed by atoms with Crippen molar-refractivity contribution in [1.82, 2.24) is 24.8 Å². The Labute approximate surface area is 258 Å². The minimum Gasteiger partial charge on any atom is -0.497 e. The molecule has 2 atom stereocenters. The van der Waals surface area contributed by atoms with Gasteiger partial charge in [0.1, 0.15) is 11.6 Å². The summed E-state index contributed by atoms with van der Waals surface area (Å²) >= 11 is 13.4.